The fraction of sp³-hybridized carbons (Fsp3) is 0.273. The molecule has 2 heterocycles. The first-order valence-electron chi connectivity index (χ1n) is 9.37. The molecule has 1 atom stereocenters. The average Bonchev–Trinajstić information content (AvgIpc) is 3.21. The highest BCUT2D eigenvalue weighted by molar-refractivity contribution is 5.78. The van der Waals surface area contributed by atoms with Crippen LogP contribution in [0.4, 0.5) is 0 Å². The van der Waals surface area contributed by atoms with E-state index < -0.39 is 0 Å². The van der Waals surface area contributed by atoms with Crippen molar-refractivity contribution in [3.63, 3.8) is 0 Å². The third-order valence-corrected chi connectivity index (χ3v) is 5.07. The standard InChI is InChI=1S/C22H24N4O/c27-22(16-25-12-10-18-6-4-5-9-20(18)14-25)24-21(15-26-13-11-23-17-26)19-7-2-1-3-8-19/h1-9,11,13,17,21H,10,12,14-16H2,(H,24,27)/t21-/m0/s1. The number of hydrogen-bond acceptors (Lipinski definition) is 3. The van der Waals surface area contributed by atoms with Crippen LogP contribution in [0.15, 0.2) is 73.3 Å². The topological polar surface area (TPSA) is 50.2 Å². The van der Waals surface area contributed by atoms with E-state index >= 15 is 0 Å². The van der Waals surface area contributed by atoms with Crippen LogP contribution in [-0.2, 0) is 24.3 Å². The van der Waals surface area contributed by atoms with Gasteiger partial charge in [0.15, 0.2) is 0 Å². The van der Waals surface area contributed by atoms with Crippen LogP contribution in [0.2, 0.25) is 0 Å². The van der Waals surface area contributed by atoms with Gasteiger partial charge >= 0.3 is 0 Å². The molecule has 1 aliphatic heterocycles. The largest absolute Gasteiger partial charge is 0.346 e. The van der Waals surface area contributed by atoms with Gasteiger partial charge in [0, 0.05) is 32.0 Å². The molecule has 5 heteroatoms. The second-order valence-electron chi connectivity index (χ2n) is 7.02. The summed E-state index contributed by atoms with van der Waals surface area (Å²) in [6, 6.07) is 18.5. The maximum atomic E-state index is 12.8. The number of nitrogens with one attached hydrogen (secondary N) is 1. The van der Waals surface area contributed by atoms with Crippen molar-refractivity contribution < 1.29 is 4.79 Å². The van der Waals surface area contributed by atoms with Crippen LogP contribution >= 0.6 is 0 Å². The molecule has 138 valence electrons. The Kier molecular flexibility index (Phi) is 5.30. The van der Waals surface area contributed by atoms with Crippen LogP contribution < -0.4 is 5.32 Å². The summed E-state index contributed by atoms with van der Waals surface area (Å²) in [7, 11) is 0. The van der Waals surface area contributed by atoms with Crippen molar-refractivity contribution in [2.24, 2.45) is 0 Å². The number of carbonyl (C=O) groups is 1. The fourth-order valence-corrected chi connectivity index (χ4v) is 3.66. The second kappa shape index (κ2) is 8.18. The van der Waals surface area contributed by atoms with Gasteiger partial charge in [-0.3, -0.25) is 9.69 Å². The van der Waals surface area contributed by atoms with Crippen LogP contribution in [0.3, 0.4) is 0 Å². The predicted molar refractivity (Wildman–Crippen MR) is 105 cm³/mol. The number of imidazole rings is 1. The summed E-state index contributed by atoms with van der Waals surface area (Å²) in [5.74, 6) is 0.0587. The van der Waals surface area contributed by atoms with Crippen molar-refractivity contribution in [3.05, 3.63) is 90.0 Å². The maximum Gasteiger partial charge on any atom is 0.234 e. The van der Waals surface area contributed by atoms with Crippen molar-refractivity contribution >= 4 is 5.91 Å². The van der Waals surface area contributed by atoms with Gasteiger partial charge in [-0.25, -0.2) is 4.98 Å². The van der Waals surface area contributed by atoms with Gasteiger partial charge in [-0.1, -0.05) is 54.6 Å². The summed E-state index contributed by atoms with van der Waals surface area (Å²) in [4.78, 5) is 19.1. The minimum absolute atomic E-state index is 0.0587. The molecule has 4 rings (SSSR count). The minimum Gasteiger partial charge on any atom is -0.346 e. The van der Waals surface area contributed by atoms with Gasteiger partial charge in [-0.15, -0.1) is 0 Å². The van der Waals surface area contributed by atoms with E-state index in [0.29, 0.717) is 13.1 Å². The maximum absolute atomic E-state index is 12.8. The van der Waals surface area contributed by atoms with Crippen LogP contribution in [0.5, 0.6) is 0 Å². The molecule has 0 unspecified atom stereocenters. The SMILES string of the molecule is O=C(CN1CCc2ccccc2C1)N[C@@H](Cn1ccnc1)c1ccccc1. The van der Waals surface area contributed by atoms with E-state index in [1.807, 2.05) is 29.0 Å². The lowest BCUT2D eigenvalue weighted by molar-refractivity contribution is -0.123. The number of hydrogen-bond donors (Lipinski definition) is 1. The molecule has 1 N–H and O–H groups in total. The van der Waals surface area contributed by atoms with Gasteiger partial charge in [-0.05, 0) is 23.1 Å². The van der Waals surface area contributed by atoms with E-state index in [2.05, 4.69) is 51.6 Å². The third kappa shape index (κ3) is 4.44. The van der Waals surface area contributed by atoms with E-state index in [9.17, 15) is 4.79 Å². The van der Waals surface area contributed by atoms with Crippen molar-refractivity contribution in [2.75, 3.05) is 13.1 Å². The van der Waals surface area contributed by atoms with Gasteiger partial charge in [0.2, 0.25) is 5.91 Å². The Morgan fingerprint density at radius 1 is 1.07 bits per heavy atom. The minimum atomic E-state index is -0.0787. The Morgan fingerprint density at radius 3 is 2.63 bits per heavy atom. The Bertz CT molecular complexity index is 876. The molecule has 1 aliphatic rings. The summed E-state index contributed by atoms with van der Waals surface area (Å²) in [5, 5.41) is 3.21. The lowest BCUT2D eigenvalue weighted by Crippen LogP contribution is -2.41. The molecule has 0 saturated carbocycles. The number of fused-ring (bicyclic) bond motifs is 1. The van der Waals surface area contributed by atoms with E-state index in [1.165, 1.54) is 11.1 Å². The number of amides is 1. The van der Waals surface area contributed by atoms with Crippen LogP contribution in [-0.4, -0.2) is 33.4 Å². The summed E-state index contributed by atoms with van der Waals surface area (Å²) in [6.45, 7) is 2.84. The highest BCUT2D eigenvalue weighted by atomic mass is 16.2. The molecule has 1 amide bonds. The molecule has 3 aromatic rings. The van der Waals surface area contributed by atoms with Gasteiger partial charge in [0.25, 0.3) is 0 Å². The highest BCUT2D eigenvalue weighted by Gasteiger charge is 2.20. The zero-order chi connectivity index (χ0) is 18.5. The fourth-order valence-electron chi connectivity index (χ4n) is 3.66. The number of rotatable bonds is 6. The lowest BCUT2D eigenvalue weighted by atomic mass is 10.00. The van der Waals surface area contributed by atoms with Gasteiger partial charge < -0.3 is 9.88 Å². The van der Waals surface area contributed by atoms with Crippen LogP contribution in [0, 0.1) is 0 Å². The Hall–Kier alpha value is -2.92. The quantitative estimate of drug-likeness (QED) is 0.735. The molecule has 1 aromatic heterocycles. The van der Waals surface area contributed by atoms with Gasteiger partial charge in [-0.2, -0.15) is 0 Å². The zero-order valence-electron chi connectivity index (χ0n) is 15.3. The lowest BCUT2D eigenvalue weighted by Gasteiger charge is -2.29. The first-order chi connectivity index (χ1) is 13.3. The molecule has 0 radical (unpaired) electrons. The summed E-state index contributed by atoms with van der Waals surface area (Å²) in [6.07, 6.45) is 6.46. The summed E-state index contributed by atoms with van der Waals surface area (Å²) < 4.78 is 2.00. The molecule has 0 saturated heterocycles. The zero-order valence-corrected chi connectivity index (χ0v) is 15.3. The van der Waals surface area contributed by atoms with Crippen molar-refractivity contribution in [2.45, 2.75) is 25.6 Å². The number of carbonyl (C=O) groups excluding carboxylic acids is 1. The normalized spacial score (nSPS) is 15.1. The average molecular weight is 360 g/mol. The number of aromatic nitrogens is 2. The molecule has 27 heavy (non-hydrogen) atoms. The van der Waals surface area contributed by atoms with Crippen molar-refractivity contribution in [1.29, 1.82) is 0 Å². The number of nitrogens with zero attached hydrogens (tertiary/aromatic N) is 3. The second-order valence-corrected chi connectivity index (χ2v) is 7.02. The Balaban J connectivity index is 1.41. The van der Waals surface area contributed by atoms with E-state index in [1.54, 1.807) is 12.5 Å². The molecule has 2 aromatic carbocycles. The molecule has 0 spiro atoms. The third-order valence-electron chi connectivity index (χ3n) is 5.07. The monoisotopic (exact) mass is 360 g/mol. The first-order valence-corrected chi connectivity index (χ1v) is 9.37. The molecular weight excluding hydrogens is 336 g/mol. The van der Waals surface area contributed by atoms with Crippen LogP contribution in [0.25, 0.3) is 0 Å². The molecular formula is C22H24N4O. The summed E-state index contributed by atoms with van der Waals surface area (Å²) in [5.41, 5.74) is 3.83. The van der Waals surface area contributed by atoms with E-state index in [-0.39, 0.29) is 11.9 Å². The molecule has 0 aliphatic carbocycles. The molecule has 0 bridgehead atoms. The van der Waals surface area contributed by atoms with Crippen molar-refractivity contribution in [3.8, 4) is 0 Å². The summed E-state index contributed by atoms with van der Waals surface area (Å²) >= 11 is 0. The smallest absolute Gasteiger partial charge is 0.234 e. The van der Waals surface area contributed by atoms with Crippen LogP contribution in [0.1, 0.15) is 22.7 Å². The van der Waals surface area contributed by atoms with E-state index in [4.69, 9.17) is 0 Å². The van der Waals surface area contributed by atoms with E-state index in [0.717, 1.165) is 25.1 Å². The highest BCUT2D eigenvalue weighted by Crippen LogP contribution is 2.19. The number of benzene rings is 2. The molecule has 0 fully saturated rings. The van der Waals surface area contributed by atoms with Gasteiger partial charge in [0.05, 0.1) is 18.9 Å². The Morgan fingerprint density at radius 2 is 1.85 bits per heavy atom. The van der Waals surface area contributed by atoms with Crippen molar-refractivity contribution in [1.82, 2.24) is 19.8 Å². The first kappa shape index (κ1) is 17.5. The predicted octanol–water partition coefficient (Wildman–Crippen LogP) is 2.80. The van der Waals surface area contributed by atoms with Gasteiger partial charge in [0.1, 0.15) is 0 Å². The Labute approximate surface area is 159 Å². The molecule has 5 nitrogen and oxygen atoms in total.